The van der Waals surface area contributed by atoms with Gasteiger partial charge in [-0.25, -0.2) is 4.39 Å². The van der Waals surface area contributed by atoms with Crippen molar-refractivity contribution in [2.24, 2.45) is 0 Å². The fourth-order valence-electron chi connectivity index (χ4n) is 2.87. The molecule has 1 aliphatic rings. The van der Waals surface area contributed by atoms with Crippen molar-refractivity contribution < 1.29 is 9.13 Å². The molecule has 0 aromatic heterocycles. The van der Waals surface area contributed by atoms with Crippen molar-refractivity contribution in [3.8, 4) is 0 Å². The lowest BCUT2D eigenvalue weighted by Crippen LogP contribution is -2.48. The van der Waals surface area contributed by atoms with Gasteiger partial charge in [-0.2, -0.15) is 0 Å². The standard InChI is InChI=1S/C16H24BrFN2O/c1-3-8-20-9-10-21-14(11-20)16(19-4-2)12-6-5-7-13(17)15(12)18/h5-7,14,16,19H,3-4,8-11H2,1-2H3. The third kappa shape index (κ3) is 4.25. The Hall–Kier alpha value is -0.490. The Morgan fingerprint density at radius 1 is 1.48 bits per heavy atom. The van der Waals surface area contributed by atoms with Crippen LogP contribution in [0.3, 0.4) is 0 Å². The first-order valence-corrected chi connectivity index (χ1v) is 8.47. The van der Waals surface area contributed by atoms with E-state index in [1.807, 2.05) is 19.1 Å². The summed E-state index contributed by atoms with van der Waals surface area (Å²) < 4.78 is 20.9. The maximum absolute atomic E-state index is 14.4. The molecule has 2 rings (SSSR count). The Morgan fingerprint density at radius 2 is 2.29 bits per heavy atom. The number of hydrogen-bond donors (Lipinski definition) is 1. The van der Waals surface area contributed by atoms with E-state index in [9.17, 15) is 4.39 Å². The fourth-order valence-corrected chi connectivity index (χ4v) is 3.26. The maximum Gasteiger partial charge on any atom is 0.142 e. The van der Waals surface area contributed by atoms with Crippen LogP contribution in [0.4, 0.5) is 4.39 Å². The molecule has 1 aromatic carbocycles. The van der Waals surface area contributed by atoms with E-state index in [2.05, 4.69) is 33.1 Å². The molecule has 1 saturated heterocycles. The summed E-state index contributed by atoms with van der Waals surface area (Å²) in [4.78, 5) is 2.40. The van der Waals surface area contributed by atoms with Gasteiger partial charge in [0.05, 0.1) is 23.2 Å². The lowest BCUT2D eigenvalue weighted by Gasteiger charge is -2.37. The number of nitrogens with zero attached hydrogens (tertiary/aromatic N) is 1. The zero-order valence-electron chi connectivity index (χ0n) is 12.7. The fraction of sp³-hybridized carbons (Fsp3) is 0.625. The first-order valence-electron chi connectivity index (χ1n) is 7.68. The van der Waals surface area contributed by atoms with E-state index in [1.165, 1.54) is 0 Å². The van der Waals surface area contributed by atoms with Gasteiger partial charge in [0, 0.05) is 18.7 Å². The SMILES string of the molecule is CCCN1CCOC(C(NCC)c2cccc(Br)c2F)C1. The molecule has 0 spiro atoms. The van der Waals surface area contributed by atoms with E-state index in [-0.39, 0.29) is 18.0 Å². The number of benzene rings is 1. The average molecular weight is 359 g/mol. The van der Waals surface area contributed by atoms with Crippen LogP contribution in [0.15, 0.2) is 22.7 Å². The lowest BCUT2D eigenvalue weighted by atomic mass is 9.99. The zero-order valence-corrected chi connectivity index (χ0v) is 14.3. The molecule has 1 aromatic rings. The summed E-state index contributed by atoms with van der Waals surface area (Å²) in [5.74, 6) is -0.195. The second kappa shape index (κ2) is 8.22. The van der Waals surface area contributed by atoms with Crippen molar-refractivity contribution in [2.45, 2.75) is 32.4 Å². The first-order chi connectivity index (χ1) is 10.2. The number of hydrogen-bond acceptors (Lipinski definition) is 3. The van der Waals surface area contributed by atoms with Crippen LogP contribution in [0.5, 0.6) is 0 Å². The van der Waals surface area contributed by atoms with Crippen LogP contribution >= 0.6 is 15.9 Å². The lowest BCUT2D eigenvalue weighted by molar-refractivity contribution is -0.0473. The minimum atomic E-state index is -0.195. The Bertz CT molecular complexity index is 456. The van der Waals surface area contributed by atoms with E-state index in [0.29, 0.717) is 16.6 Å². The second-order valence-corrected chi connectivity index (χ2v) is 6.24. The first kappa shape index (κ1) is 16.9. The van der Waals surface area contributed by atoms with Crippen LogP contribution in [-0.2, 0) is 4.74 Å². The Kier molecular flexibility index (Phi) is 6.61. The molecule has 21 heavy (non-hydrogen) atoms. The molecule has 1 heterocycles. The minimum Gasteiger partial charge on any atom is -0.374 e. The predicted octanol–water partition coefficient (Wildman–Crippen LogP) is 3.35. The van der Waals surface area contributed by atoms with Crippen LogP contribution < -0.4 is 5.32 Å². The molecule has 0 bridgehead atoms. The number of rotatable bonds is 6. The van der Waals surface area contributed by atoms with E-state index in [4.69, 9.17) is 4.74 Å². The van der Waals surface area contributed by atoms with Gasteiger partial charge in [-0.05, 0) is 41.5 Å². The molecule has 0 aliphatic carbocycles. The van der Waals surface area contributed by atoms with Crippen LogP contribution in [0.2, 0.25) is 0 Å². The molecule has 2 atom stereocenters. The highest BCUT2D eigenvalue weighted by atomic mass is 79.9. The van der Waals surface area contributed by atoms with E-state index in [1.54, 1.807) is 6.07 Å². The Morgan fingerprint density at radius 3 is 3.00 bits per heavy atom. The van der Waals surface area contributed by atoms with Gasteiger partial charge in [-0.1, -0.05) is 26.0 Å². The molecule has 0 saturated carbocycles. The van der Waals surface area contributed by atoms with Crippen molar-refractivity contribution in [2.75, 3.05) is 32.8 Å². The molecular formula is C16H24BrFN2O. The normalized spacial score (nSPS) is 21.4. The zero-order chi connectivity index (χ0) is 15.2. The highest BCUT2D eigenvalue weighted by molar-refractivity contribution is 9.10. The summed E-state index contributed by atoms with van der Waals surface area (Å²) in [6, 6.07) is 5.33. The molecule has 3 nitrogen and oxygen atoms in total. The molecule has 1 fully saturated rings. The number of morpholine rings is 1. The quantitative estimate of drug-likeness (QED) is 0.843. The molecular weight excluding hydrogens is 335 g/mol. The summed E-state index contributed by atoms with van der Waals surface area (Å²) in [5, 5.41) is 3.39. The minimum absolute atomic E-state index is 0.0194. The number of halogens is 2. The summed E-state index contributed by atoms with van der Waals surface area (Å²) in [6.07, 6.45) is 1.11. The van der Waals surface area contributed by atoms with Gasteiger partial charge in [0.1, 0.15) is 5.82 Å². The van der Waals surface area contributed by atoms with E-state index < -0.39 is 0 Å². The summed E-state index contributed by atoms with van der Waals surface area (Å²) in [7, 11) is 0. The molecule has 1 aliphatic heterocycles. The van der Waals surface area contributed by atoms with Crippen molar-refractivity contribution in [3.05, 3.63) is 34.1 Å². The Labute approximate surface area is 135 Å². The maximum atomic E-state index is 14.4. The van der Waals surface area contributed by atoms with Crippen molar-refractivity contribution in [3.63, 3.8) is 0 Å². The molecule has 5 heteroatoms. The van der Waals surface area contributed by atoms with Gasteiger partial charge in [-0.15, -0.1) is 0 Å². The van der Waals surface area contributed by atoms with Gasteiger partial charge >= 0.3 is 0 Å². The number of nitrogens with one attached hydrogen (secondary N) is 1. The molecule has 0 radical (unpaired) electrons. The van der Waals surface area contributed by atoms with Gasteiger partial charge < -0.3 is 10.1 Å². The number of likely N-dealkylation sites (N-methyl/N-ethyl adjacent to an activating group) is 1. The Balaban J connectivity index is 2.19. The van der Waals surface area contributed by atoms with Crippen LogP contribution in [0.1, 0.15) is 31.9 Å². The summed E-state index contributed by atoms with van der Waals surface area (Å²) in [5.41, 5.74) is 0.676. The summed E-state index contributed by atoms with van der Waals surface area (Å²) in [6.45, 7) is 8.59. The highest BCUT2D eigenvalue weighted by Gasteiger charge is 2.30. The van der Waals surface area contributed by atoms with Crippen molar-refractivity contribution in [1.29, 1.82) is 0 Å². The van der Waals surface area contributed by atoms with E-state index in [0.717, 1.165) is 32.6 Å². The molecule has 0 amide bonds. The third-order valence-corrected chi connectivity index (χ3v) is 4.44. The topological polar surface area (TPSA) is 24.5 Å². The highest BCUT2D eigenvalue weighted by Crippen LogP contribution is 2.28. The van der Waals surface area contributed by atoms with Crippen LogP contribution in [0.25, 0.3) is 0 Å². The smallest absolute Gasteiger partial charge is 0.142 e. The molecule has 118 valence electrons. The van der Waals surface area contributed by atoms with E-state index >= 15 is 0 Å². The monoisotopic (exact) mass is 358 g/mol. The third-order valence-electron chi connectivity index (χ3n) is 3.83. The molecule has 2 unspecified atom stereocenters. The second-order valence-electron chi connectivity index (χ2n) is 5.39. The van der Waals surface area contributed by atoms with Crippen LogP contribution in [-0.4, -0.2) is 43.8 Å². The van der Waals surface area contributed by atoms with Crippen LogP contribution in [0, 0.1) is 5.82 Å². The van der Waals surface area contributed by atoms with Gasteiger partial charge in [-0.3, -0.25) is 4.90 Å². The van der Waals surface area contributed by atoms with Gasteiger partial charge in [0.2, 0.25) is 0 Å². The van der Waals surface area contributed by atoms with Crippen molar-refractivity contribution >= 4 is 15.9 Å². The summed E-state index contributed by atoms with van der Waals surface area (Å²) >= 11 is 3.27. The molecule has 1 N–H and O–H groups in total. The largest absolute Gasteiger partial charge is 0.374 e. The predicted molar refractivity (Wildman–Crippen MR) is 87.0 cm³/mol. The average Bonchev–Trinajstić information content (AvgIpc) is 2.49. The van der Waals surface area contributed by atoms with Gasteiger partial charge in [0.15, 0.2) is 0 Å². The van der Waals surface area contributed by atoms with Gasteiger partial charge in [0.25, 0.3) is 0 Å². The van der Waals surface area contributed by atoms with Crippen molar-refractivity contribution in [1.82, 2.24) is 10.2 Å². The number of ether oxygens (including phenoxy) is 1.